The van der Waals surface area contributed by atoms with Gasteiger partial charge < -0.3 is 10.2 Å². The van der Waals surface area contributed by atoms with Gasteiger partial charge in [-0.25, -0.2) is 0 Å². The monoisotopic (exact) mass is 310 g/mol. The minimum absolute atomic E-state index is 0.0353. The third-order valence-electron chi connectivity index (χ3n) is 4.66. The molecule has 0 aromatic heterocycles. The summed E-state index contributed by atoms with van der Waals surface area (Å²) in [6, 6.07) is 17.7. The fourth-order valence-electron chi connectivity index (χ4n) is 2.61. The first-order chi connectivity index (χ1) is 10.8. The summed E-state index contributed by atoms with van der Waals surface area (Å²) in [5.74, 6) is -0.0353. The van der Waals surface area contributed by atoms with Gasteiger partial charge in [-0.15, -0.1) is 0 Å². The number of carbonyl (C=O) groups is 1. The molecule has 3 heteroatoms. The van der Waals surface area contributed by atoms with Gasteiger partial charge >= 0.3 is 0 Å². The highest BCUT2D eigenvalue weighted by Gasteiger charge is 2.34. The third-order valence-corrected chi connectivity index (χ3v) is 4.66. The molecule has 122 valence electrons. The minimum atomic E-state index is -0.223. The van der Waals surface area contributed by atoms with Crippen molar-refractivity contribution in [3.63, 3.8) is 0 Å². The lowest BCUT2D eigenvalue weighted by Crippen LogP contribution is -2.50. The van der Waals surface area contributed by atoms with Gasteiger partial charge in [0, 0.05) is 11.1 Å². The maximum atomic E-state index is 12.8. The van der Waals surface area contributed by atoms with Gasteiger partial charge in [-0.2, -0.15) is 0 Å². The molecule has 23 heavy (non-hydrogen) atoms. The number of hydrogen-bond donors (Lipinski definition) is 1. The predicted molar refractivity (Wildman–Crippen MR) is 95.6 cm³/mol. The second kappa shape index (κ2) is 6.97. The normalized spacial score (nSPS) is 13.0. The fraction of sp³-hybridized carbons (Fsp3) is 0.350. The molecule has 0 radical (unpaired) electrons. The number of nitrogens with one attached hydrogen (secondary N) is 1. The molecule has 2 aromatic carbocycles. The molecule has 0 saturated carbocycles. The van der Waals surface area contributed by atoms with Crippen LogP contribution in [0.1, 0.15) is 41.4 Å². The first-order valence-corrected chi connectivity index (χ1v) is 7.93. The molecule has 0 heterocycles. The maximum absolute atomic E-state index is 12.8. The molecule has 1 N–H and O–H groups in total. The summed E-state index contributed by atoms with van der Waals surface area (Å²) in [7, 11) is 4.08. The van der Waals surface area contributed by atoms with Crippen LogP contribution < -0.4 is 5.32 Å². The van der Waals surface area contributed by atoms with Crippen LogP contribution in [0.5, 0.6) is 0 Å². The first kappa shape index (κ1) is 17.2. The van der Waals surface area contributed by atoms with Crippen molar-refractivity contribution in [2.24, 2.45) is 0 Å². The van der Waals surface area contributed by atoms with Crippen molar-refractivity contribution < 1.29 is 4.79 Å². The Hall–Kier alpha value is -2.13. The van der Waals surface area contributed by atoms with E-state index in [0.29, 0.717) is 0 Å². The van der Waals surface area contributed by atoms with Gasteiger partial charge in [0.15, 0.2) is 0 Å². The molecule has 1 unspecified atom stereocenters. The summed E-state index contributed by atoms with van der Waals surface area (Å²) in [5, 5.41) is 3.23. The van der Waals surface area contributed by atoms with Crippen molar-refractivity contribution in [3.8, 4) is 0 Å². The van der Waals surface area contributed by atoms with E-state index in [1.807, 2.05) is 63.5 Å². The van der Waals surface area contributed by atoms with Gasteiger partial charge in [-0.05, 0) is 52.1 Å². The van der Waals surface area contributed by atoms with E-state index in [-0.39, 0.29) is 17.5 Å². The van der Waals surface area contributed by atoms with E-state index in [0.717, 1.165) is 16.7 Å². The molecule has 0 spiro atoms. The van der Waals surface area contributed by atoms with E-state index >= 15 is 0 Å². The highest BCUT2D eigenvalue weighted by molar-refractivity contribution is 5.95. The number of amides is 1. The van der Waals surface area contributed by atoms with Gasteiger partial charge in [-0.1, -0.05) is 48.5 Å². The molecule has 0 bridgehead atoms. The van der Waals surface area contributed by atoms with Gasteiger partial charge in [0.25, 0.3) is 5.91 Å². The standard InChI is InChI=1S/C20H26N2O/c1-15-11-9-10-14-17(15)19(23)21-18(20(2,3)22(4)5)16-12-7-6-8-13-16/h6-14,18H,1-5H3,(H,21,23). The molecule has 0 saturated heterocycles. The Labute approximate surface area is 139 Å². The summed E-state index contributed by atoms with van der Waals surface area (Å²) < 4.78 is 0. The number of nitrogens with zero attached hydrogens (tertiary/aromatic N) is 1. The number of carbonyl (C=O) groups excluding carboxylic acids is 1. The van der Waals surface area contributed by atoms with Crippen molar-refractivity contribution in [3.05, 3.63) is 71.3 Å². The van der Waals surface area contributed by atoms with E-state index in [1.165, 1.54) is 0 Å². The molecule has 0 fully saturated rings. The molecule has 0 aliphatic heterocycles. The Kier molecular flexibility index (Phi) is 5.22. The second-order valence-corrected chi connectivity index (χ2v) is 6.68. The van der Waals surface area contributed by atoms with Crippen molar-refractivity contribution >= 4 is 5.91 Å². The van der Waals surface area contributed by atoms with Crippen molar-refractivity contribution in [2.75, 3.05) is 14.1 Å². The number of aryl methyl sites for hydroxylation is 1. The smallest absolute Gasteiger partial charge is 0.252 e. The summed E-state index contributed by atoms with van der Waals surface area (Å²) in [6.45, 7) is 6.25. The zero-order chi connectivity index (χ0) is 17.0. The molecule has 2 rings (SSSR count). The zero-order valence-corrected chi connectivity index (χ0v) is 14.6. The lowest BCUT2D eigenvalue weighted by molar-refractivity contribution is 0.0840. The van der Waals surface area contributed by atoms with Crippen LogP contribution in [0.25, 0.3) is 0 Å². The zero-order valence-electron chi connectivity index (χ0n) is 14.6. The predicted octanol–water partition coefficient (Wildman–Crippen LogP) is 3.81. The molecule has 1 atom stereocenters. The molecule has 0 aliphatic rings. The lowest BCUT2D eigenvalue weighted by atomic mass is 9.87. The van der Waals surface area contributed by atoms with Crippen LogP contribution in [0.4, 0.5) is 0 Å². The number of likely N-dealkylation sites (N-methyl/N-ethyl adjacent to an activating group) is 1. The van der Waals surface area contributed by atoms with Gasteiger partial charge in [0.1, 0.15) is 0 Å². The Bertz CT molecular complexity index is 662. The van der Waals surface area contributed by atoms with Crippen LogP contribution in [0.2, 0.25) is 0 Å². The van der Waals surface area contributed by atoms with E-state index in [1.54, 1.807) is 0 Å². The molecular formula is C20H26N2O. The van der Waals surface area contributed by atoms with Crippen LogP contribution >= 0.6 is 0 Å². The van der Waals surface area contributed by atoms with Gasteiger partial charge in [0.2, 0.25) is 0 Å². The van der Waals surface area contributed by atoms with Crippen molar-refractivity contribution in [1.82, 2.24) is 10.2 Å². The van der Waals surface area contributed by atoms with E-state index in [4.69, 9.17) is 0 Å². The Balaban J connectivity index is 2.36. The summed E-state index contributed by atoms with van der Waals surface area (Å²) >= 11 is 0. The molecule has 1 amide bonds. The molecular weight excluding hydrogens is 284 g/mol. The quantitative estimate of drug-likeness (QED) is 0.911. The highest BCUT2D eigenvalue weighted by atomic mass is 16.1. The Morgan fingerprint density at radius 2 is 1.57 bits per heavy atom. The van der Waals surface area contributed by atoms with Crippen LogP contribution in [0, 0.1) is 6.92 Å². The largest absolute Gasteiger partial charge is 0.343 e. The average molecular weight is 310 g/mol. The van der Waals surface area contributed by atoms with E-state index in [2.05, 4.69) is 36.2 Å². The maximum Gasteiger partial charge on any atom is 0.252 e. The Morgan fingerprint density at radius 3 is 2.13 bits per heavy atom. The van der Waals surface area contributed by atoms with Gasteiger partial charge in [-0.3, -0.25) is 4.79 Å². The third kappa shape index (κ3) is 3.80. The number of hydrogen-bond acceptors (Lipinski definition) is 2. The molecule has 2 aromatic rings. The average Bonchev–Trinajstić information content (AvgIpc) is 2.53. The SMILES string of the molecule is Cc1ccccc1C(=O)NC(c1ccccc1)C(C)(C)N(C)C. The summed E-state index contributed by atoms with van der Waals surface area (Å²) in [6.07, 6.45) is 0. The van der Waals surface area contributed by atoms with E-state index < -0.39 is 0 Å². The minimum Gasteiger partial charge on any atom is -0.343 e. The van der Waals surface area contributed by atoms with Crippen LogP contribution in [-0.2, 0) is 0 Å². The number of rotatable bonds is 5. The lowest BCUT2D eigenvalue weighted by Gasteiger charge is -2.41. The highest BCUT2D eigenvalue weighted by Crippen LogP contribution is 2.30. The van der Waals surface area contributed by atoms with Crippen LogP contribution in [0.15, 0.2) is 54.6 Å². The van der Waals surface area contributed by atoms with Crippen LogP contribution in [0.3, 0.4) is 0 Å². The van der Waals surface area contributed by atoms with Crippen LogP contribution in [-0.4, -0.2) is 30.4 Å². The Morgan fingerprint density at radius 1 is 1.00 bits per heavy atom. The van der Waals surface area contributed by atoms with E-state index in [9.17, 15) is 4.79 Å². The fourth-order valence-corrected chi connectivity index (χ4v) is 2.61. The second-order valence-electron chi connectivity index (χ2n) is 6.68. The topological polar surface area (TPSA) is 32.3 Å². The van der Waals surface area contributed by atoms with Gasteiger partial charge in [0.05, 0.1) is 6.04 Å². The van der Waals surface area contributed by atoms with Crippen molar-refractivity contribution in [2.45, 2.75) is 32.4 Å². The first-order valence-electron chi connectivity index (χ1n) is 7.93. The molecule has 3 nitrogen and oxygen atoms in total. The summed E-state index contributed by atoms with van der Waals surface area (Å²) in [5.41, 5.74) is 2.59. The van der Waals surface area contributed by atoms with Crippen molar-refractivity contribution in [1.29, 1.82) is 0 Å². The number of benzene rings is 2. The summed E-state index contributed by atoms with van der Waals surface area (Å²) in [4.78, 5) is 14.9. The molecule has 0 aliphatic carbocycles.